The lowest BCUT2D eigenvalue weighted by atomic mass is 9.69. The van der Waals surface area contributed by atoms with Gasteiger partial charge in [-0.1, -0.05) is 30.3 Å². The molecule has 1 heterocycles. The molecule has 4 nitrogen and oxygen atoms in total. The molecule has 0 spiro atoms. The zero-order chi connectivity index (χ0) is 18.5. The van der Waals surface area contributed by atoms with Gasteiger partial charge in [-0.05, 0) is 58.6 Å². The topological polar surface area (TPSA) is 44.8 Å². The lowest BCUT2D eigenvalue weighted by Crippen LogP contribution is -2.41. The summed E-state index contributed by atoms with van der Waals surface area (Å²) in [6.45, 7) is 9.57. The molecule has 136 valence electrons. The van der Waals surface area contributed by atoms with Gasteiger partial charge in [0.05, 0.1) is 17.5 Å². The van der Waals surface area contributed by atoms with E-state index < -0.39 is 0 Å². The Bertz CT molecular complexity index is 579. The van der Waals surface area contributed by atoms with E-state index in [0.717, 1.165) is 19.3 Å². The van der Waals surface area contributed by atoms with Crippen LogP contribution in [-0.4, -0.2) is 24.3 Å². The largest absolute Gasteiger partial charge is 0.465 e. The average molecular weight is 344 g/mol. The van der Waals surface area contributed by atoms with E-state index in [-0.39, 0.29) is 30.1 Å². The molecule has 0 unspecified atom stereocenters. The predicted molar refractivity (Wildman–Crippen MR) is 100 cm³/mol. The van der Waals surface area contributed by atoms with Gasteiger partial charge in [0.25, 0.3) is 0 Å². The molecule has 0 aliphatic carbocycles. The van der Waals surface area contributed by atoms with Crippen molar-refractivity contribution < 1.29 is 18.8 Å². The second kappa shape index (κ2) is 8.20. The molecular weight excluding hydrogens is 315 g/mol. The van der Waals surface area contributed by atoms with Gasteiger partial charge in [-0.15, -0.1) is 0 Å². The molecule has 0 saturated carbocycles. The molecule has 1 aliphatic heterocycles. The number of aryl methyl sites for hydroxylation is 1. The van der Waals surface area contributed by atoms with Crippen LogP contribution in [0.4, 0.5) is 0 Å². The van der Waals surface area contributed by atoms with Crippen molar-refractivity contribution in [3.05, 3.63) is 48.2 Å². The zero-order valence-electron chi connectivity index (χ0n) is 16.0. The number of rotatable bonds is 7. The number of carbonyl (C=O) groups excluding carboxylic acids is 1. The monoisotopic (exact) mass is 344 g/mol. The van der Waals surface area contributed by atoms with Crippen LogP contribution in [0.25, 0.3) is 0 Å². The summed E-state index contributed by atoms with van der Waals surface area (Å²) in [6, 6.07) is 10.4. The average Bonchev–Trinajstić information content (AvgIpc) is 2.74. The molecular formula is C20H29BO4. The minimum absolute atomic E-state index is 0.0316. The van der Waals surface area contributed by atoms with Crippen molar-refractivity contribution >= 4 is 13.1 Å². The Balaban J connectivity index is 2.00. The van der Waals surface area contributed by atoms with Crippen molar-refractivity contribution in [3.63, 3.8) is 0 Å². The van der Waals surface area contributed by atoms with Crippen LogP contribution in [0.5, 0.6) is 0 Å². The van der Waals surface area contributed by atoms with Crippen molar-refractivity contribution in [2.45, 2.75) is 70.9 Å². The molecule has 0 N–H and O–H groups in total. The normalized spacial score (nSPS) is 20.0. The number of hydrogen-bond donors (Lipinski definition) is 0. The molecule has 1 aromatic rings. The highest BCUT2D eigenvalue weighted by atomic mass is 16.7. The van der Waals surface area contributed by atoms with Crippen LogP contribution in [0.2, 0.25) is 5.82 Å². The van der Waals surface area contributed by atoms with Gasteiger partial charge in [0, 0.05) is 12.7 Å². The van der Waals surface area contributed by atoms with Crippen molar-refractivity contribution in [2.75, 3.05) is 0 Å². The Hall–Kier alpha value is -1.59. The summed E-state index contributed by atoms with van der Waals surface area (Å²) >= 11 is 0. The number of benzene rings is 1. The zero-order valence-corrected chi connectivity index (χ0v) is 16.0. The van der Waals surface area contributed by atoms with E-state index in [0.29, 0.717) is 0 Å². The van der Waals surface area contributed by atoms with Crippen LogP contribution in [-0.2, 0) is 25.3 Å². The lowest BCUT2D eigenvalue weighted by molar-refractivity contribution is -0.135. The number of esters is 1. The third-order valence-corrected chi connectivity index (χ3v) is 5.03. The molecule has 1 saturated heterocycles. The third kappa shape index (κ3) is 5.45. The standard InChI is InChI=1S/C20H29BO4/c1-16(22)23-15-14-18(13-9-12-17-10-7-6-8-11-17)21-24-19(2,3)20(4,5)25-21/h6-8,10-11,14-15,18H,9,12-13H2,1-5H3/b15-14+/t18-/m0/s1. The Morgan fingerprint density at radius 1 is 1.16 bits per heavy atom. The van der Waals surface area contributed by atoms with E-state index in [1.807, 2.05) is 39.8 Å². The Kier molecular flexibility index (Phi) is 6.47. The highest BCUT2D eigenvalue weighted by Crippen LogP contribution is 2.41. The molecule has 0 bridgehead atoms. The molecule has 5 heteroatoms. The summed E-state index contributed by atoms with van der Waals surface area (Å²) in [4.78, 5) is 11.0. The van der Waals surface area contributed by atoms with Crippen LogP contribution in [0.15, 0.2) is 42.7 Å². The van der Waals surface area contributed by atoms with Gasteiger partial charge in [0.15, 0.2) is 0 Å². The van der Waals surface area contributed by atoms with Gasteiger partial charge >= 0.3 is 13.1 Å². The molecule has 1 atom stereocenters. The van der Waals surface area contributed by atoms with Gasteiger partial charge in [-0.25, -0.2) is 0 Å². The smallest absolute Gasteiger partial charge is 0.435 e. The number of ether oxygens (including phenoxy) is 1. The minimum Gasteiger partial charge on any atom is -0.435 e. The fourth-order valence-electron chi connectivity index (χ4n) is 2.81. The molecule has 1 aliphatic rings. The molecule has 0 aromatic heterocycles. The van der Waals surface area contributed by atoms with Crippen LogP contribution >= 0.6 is 0 Å². The van der Waals surface area contributed by atoms with Crippen molar-refractivity contribution in [2.24, 2.45) is 0 Å². The molecule has 2 rings (SSSR count). The van der Waals surface area contributed by atoms with E-state index >= 15 is 0 Å². The predicted octanol–water partition coefficient (Wildman–Crippen LogP) is 4.55. The highest BCUT2D eigenvalue weighted by molar-refractivity contribution is 6.48. The van der Waals surface area contributed by atoms with E-state index in [4.69, 9.17) is 14.0 Å². The highest BCUT2D eigenvalue weighted by Gasteiger charge is 2.53. The van der Waals surface area contributed by atoms with Crippen molar-refractivity contribution in [1.82, 2.24) is 0 Å². The SMILES string of the molecule is CC(=O)O/C=C/[C@H](CCCc1ccccc1)B1OC(C)(C)C(C)(C)O1. The number of carbonyl (C=O) groups is 1. The fraction of sp³-hybridized carbons (Fsp3) is 0.550. The number of allylic oxidation sites excluding steroid dienone is 1. The van der Waals surface area contributed by atoms with Gasteiger partial charge in [-0.3, -0.25) is 4.79 Å². The molecule has 1 fully saturated rings. The van der Waals surface area contributed by atoms with E-state index in [9.17, 15) is 4.79 Å². The quantitative estimate of drug-likeness (QED) is 0.414. The van der Waals surface area contributed by atoms with E-state index in [1.165, 1.54) is 18.7 Å². The van der Waals surface area contributed by atoms with Gasteiger partial charge in [0.2, 0.25) is 0 Å². The van der Waals surface area contributed by atoms with Crippen molar-refractivity contribution in [3.8, 4) is 0 Å². The lowest BCUT2D eigenvalue weighted by Gasteiger charge is -2.32. The second-order valence-corrected chi connectivity index (χ2v) is 7.60. The Morgan fingerprint density at radius 2 is 1.76 bits per heavy atom. The maximum Gasteiger partial charge on any atom is 0.465 e. The van der Waals surface area contributed by atoms with Gasteiger partial charge < -0.3 is 14.0 Å². The summed E-state index contributed by atoms with van der Waals surface area (Å²) in [6.07, 6.45) is 6.24. The van der Waals surface area contributed by atoms with E-state index in [1.54, 1.807) is 0 Å². The van der Waals surface area contributed by atoms with Gasteiger partial charge in [-0.2, -0.15) is 0 Å². The maximum atomic E-state index is 11.0. The first kappa shape index (κ1) is 19.7. The molecule has 1 aromatic carbocycles. The fourth-order valence-corrected chi connectivity index (χ4v) is 2.81. The summed E-state index contributed by atoms with van der Waals surface area (Å²) in [5.74, 6) is -0.294. The van der Waals surface area contributed by atoms with Crippen LogP contribution in [0.3, 0.4) is 0 Å². The summed E-state index contributed by atoms with van der Waals surface area (Å²) < 4.78 is 17.3. The van der Waals surface area contributed by atoms with Crippen LogP contribution in [0.1, 0.15) is 53.0 Å². The first-order chi connectivity index (χ1) is 11.7. The van der Waals surface area contributed by atoms with E-state index in [2.05, 4.69) is 24.3 Å². The minimum atomic E-state index is -0.370. The number of hydrogen-bond acceptors (Lipinski definition) is 4. The summed E-state index contributed by atoms with van der Waals surface area (Å²) in [7, 11) is -0.340. The van der Waals surface area contributed by atoms with Crippen LogP contribution in [0, 0.1) is 0 Å². The summed E-state index contributed by atoms with van der Waals surface area (Å²) in [5.41, 5.74) is 0.578. The van der Waals surface area contributed by atoms with Gasteiger partial charge in [0.1, 0.15) is 0 Å². The molecule has 25 heavy (non-hydrogen) atoms. The first-order valence-corrected chi connectivity index (χ1v) is 8.95. The maximum absolute atomic E-state index is 11.0. The first-order valence-electron chi connectivity index (χ1n) is 8.95. The van der Waals surface area contributed by atoms with Crippen molar-refractivity contribution in [1.29, 1.82) is 0 Å². The van der Waals surface area contributed by atoms with Crippen LogP contribution < -0.4 is 0 Å². The Morgan fingerprint density at radius 3 is 2.32 bits per heavy atom. The third-order valence-electron chi connectivity index (χ3n) is 5.03. The summed E-state index contributed by atoms with van der Waals surface area (Å²) in [5, 5.41) is 0. The molecule has 0 amide bonds. The Labute approximate surface area is 151 Å². The molecule has 0 radical (unpaired) electrons. The second-order valence-electron chi connectivity index (χ2n) is 7.60.